The standard InChI is InChI=1S/C13H11ClN2O2/c14-10-6-7-11(16-12(10)13(17)18)15-8-9-4-2-1-3-5-9/h1-7H,8H2,(H,15,16)(H,17,18). The van der Waals surface area contributed by atoms with Crippen LogP contribution in [-0.2, 0) is 6.54 Å². The third-order valence-electron chi connectivity index (χ3n) is 2.37. The summed E-state index contributed by atoms with van der Waals surface area (Å²) in [5.74, 6) is -0.649. The highest BCUT2D eigenvalue weighted by molar-refractivity contribution is 6.33. The van der Waals surface area contributed by atoms with Gasteiger partial charge in [-0.1, -0.05) is 41.9 Å². The fourth-order valence-electron chi connectivity index (χ4n) is 1.48. The number of hydrogen-bond donors (Lipinski definition) is 2. The molecule has 0 saturated carbocycles. The van der Waals surface area contributed by atoms with Crippen molar-refractivity contribution in [2.75, 3.05) is 5.32 Å². The number of carboxylic acids is 1. The summed E-state index contributed by atoms with van der Waals surface area (Å²) in [5.41, 5.74) is 0.945. The molecule has 18 heavy (non-hydrogen) atoms. The van der Waals surface area contributed by atoms with Crippen LogP contribution in [0.3, 0.4) is 0 Å². The Hall–Kier alpha value is -2.07. The number of carboxylic acid groups (broad SMARTS) is 1. The second kappa shape index (κ2) is 5.51. The SMILES string of the molecule is O=C(O)c1nc(NCc2ccccc2)ccc1Cl. The largest absolute Gasteiger partial charge is 0.476 e. The van der Waals surface area contributed by atoms with Crippen molar-refractivity contribution in [3.63, 3.8) is 0 Å². The Morgan fingerprint density at radius 2 is 1.94 bits per heavy atom. The molecular weight excluding hydrogens is 252 g/mol. The predicted molar refractivity (Wildman–Crippen MR) is 70.0 cm³/mol. The summed E-state index contributed by atoms with van der Waals surface area (Å²) in [4.78, 5) is 14.8. The first-order valence-electron chi connectivity index (χ1n) is 5.34. The van der Waals surface area contributed by atoms with E-state index >= 15 is 0 Å². The van der Waals surface area contributed by atoms with Crippen molar-refractivity contribution in [3.8, 4) is 0 Å². The highest BCUT2D eigenvalue weighted by atomic mass is 35.5. The highest BCUT2D eigenvalue weighted by Crippen LogP contribution is 2.17. The molecule has 4 nitrogen and oxygen atoms in total. The molecule has 92 valence electrons. The summed E-state index contributed by atoms with van der Waals surface area (Å²) in [6.07, 6.45) is 0. The van der Waals surface area contributed by atoms with Crippen LogP contribution in [0.15, 0.2) is 42.5 Å². The van der Waals surface area contributed by atoms with Gasteiger partial charge in [0.25, 0.3) is 0 Å². The molecule has 0 aliphatic heterocycles. The Kier molecular flexibility index (Phi) is 3.79. The van der Waals surface area contributed by atoms with Crippen LogP contribution in [0.5, 0.6) is 0 Å². The van der Waals surface area contributed by atoms with Crippen molar-refractivity contribution in [1.82, 2.24) is 4.98 Å². The van der Waals surface area contributed by atoms with Gasteiger partial charge in [-0.15, -0.1) is 0 Å². The van der Waals surface area contributed by atoms with Crippen LogP contribution >= 0.6 is 11.6 Å². The molecule has 2 aromatic rings. The molecule has 0 aliphatic rings. The Bertz CT molecular complexity index is 558. The molecule has 0 saturated heterocycles. The summed E-state index contributed by atoms with van der Waals surface area (Å²) in [7, 11) is 0. The van der Waals surface area contributed by atoms with E-state index in [2.05, 4.69) is 10.3 Å². The van der Waals surface area contributed by atoms with Crippen molar-refractivity contribution in [2.45, 2.75) is 6.54 Å². The van der Waals surface area contributed by atoms with E-state index in [-0.39, 0.29) is 10.7 Å². The fraction of sp³-hybridized carbons (Fsp3) is 0.0769. The van der Waals surface area contributed by atoms with E-state index in [1.807, 2.05) is 30.3 Å². The Balaban J connectivity index is 2.11. The van der Waals surface area contributed by atoms with Crippen LogP contribution in [0.2, 0.25) is 5.02 Å². The summed E-state index contributed by atoms with van der Waals surface area (Å²) in [6, 6.07) is 12.9. The maximum Gasteiger partial charge on any atom is 0.356 e. The van der Waals surface area contributed by atoms with Gasteiger partial charge in [0.05, 0.1) is 5.02 Å². The lowest BCUT2D eigenvalue weighted by molar-refractivity contribution is 0.0691. The van der Waals surface area contributed by atoms with Crippen LogP contribution in [0, 0.1) is 0 Å². The highest BCUT2D eigenvalue weighted by Gasteiger charge is 2.11. The topological polar surface area (TPSA) is 62.2 Å². The number of carbonyl (C=O) groups is 1. The van der Waals surface area contributed by atoms with Crippen molar-refractivity contribution >= 4 is 23.4 Å². The molecule has 5 heteroatoms. The molecule has 2 rings (SSSR count). The smallest absolute Gasteiger partial charge is 0.356 e. The minimum absolute atomic E-state index is 0.132. The van der Waals surface area contributed by atoms with Gasteiger partial charge >= 0.3 is 5.97 Å². The molecule has 0 unspecified atom stereocenters. The summed E-state index contributed by atoms with van der Waals surface area (Å²) in [6.45, 7) is 0.578. The zero-order valence-corrected chi connectivity index (χ0v) is 10.2. The predicted octanol–water partition coefficient (Wildman–Crippen LogP) is 3.05. The lowest BCUT2D eigenvalue weighted by atomic mass is 10.2. The lowest BCUT2D eigenvalue weighted by Crippen LogP contribution is -2.06. The average molecular weight is 263 g/mol. The molecule has 0 aliphatic carbocycles. The number of nitrogens with zero attached hydrogens (tertiary/aromatic N) is 1. The molecule has 0 bridgehead atoms. The molecular formula is C13H11ClN2O2. The summed E-state index contributed by atoms with van der Waals surface area (Å²) < 4.78 is 0. The van der Waals surface area contributed by atoms with Crippen LogP contribution in [-0.4, -0.2) is 16.1 Å². The van der Waals surface area contributed by atoms with Gasteiger partial charge in [-0.2, -0.15) is 0 Å². The van der Waals surface area contributed by atoms with E-state index in [1.165, 1.54) is 6.07 Å². The van der Waals surface area contributed by atoms with Crippen LogP contribution < -0.4 is 5.32 Å². The van der Waals surface area contributed by atoms with Crippen LogP contribution in [0.25, 0.3) is 0 Å². The van der Waals surface area contributed by atoms with Gasteiger partial charge in [-0.25, -0.2) is 9.78 Å². The molecule has 1 aromatic carbocycles. The van der Waals surface area contributed by atoms with Crippen LogP contribution in [0.4, 0.5) is 5.82 Å². The van der Waals surface area contributed by atoms with Crippen molar-refractivity contribution in [1.29, 1.82) is 0 Å². The van der Waals surface area contributed by atoms with E-state index in [0.29, 0.717) is 12.4 Å². The fourth-order valence-corrected chi connectivity index (χ4v) is 1.67. The van der Waals surface area contributed by atoms with Gasteiger partial charge in [0.15, 0.2) is 5.69 Å². The average Bonchev–Trinajstić information content (AvgIpc) is 2.38. The molecule has 0 fully saturated rings. The molecule has 2 N–H and O–H groups in total. The molecule has 1 heterocycles. The third-order valence-corrected chi connectivity index (χ3v) is 2.67. The van der Waals surface area contributed by atoms with Gasteiger partial charge in [-0.05, 0) is 17.7 Å². The van der Waals surface area contributed by atoms with E-state index in [4.69, 9.17) is 16.7 Å². The second-order valence-corrected chi connectivity index (χ2v) is 4.08. The quantitative estimate of drug-likeness (QED) is 0.889. The van der Waals surface area contributed by atoms with Gasteiger partial charge in [0, 0.05) is 6.54 Å². The van der Waals surface area contributed by atoms with E-state index in [0.717, 1.165) is 5.56 Å². The Labute approximate surface area is 109 Å². The molecule has 1 aromatic heterocycles. The Morgan fingerprint density at radius 1 is 1.22 bits per heavy atom. The number of nitrogens with one attached hydrogen (secondary N) is 1. The summed E-state index contributed by atoms with van der Waals surface area (Å²) in [5, 5.41) is 12.1. The number of halogens is 1. The number of rotatable bonds is 4. The normalized spacial score (nSPS) is 10.1. The van der Waals surface area contributed by atoms with E-state index in [9.17, 15) is 4.79 Å². The molecule has 0 radical (unpaired) electrons. The van der Waals surface area contributed by atoms with Gasteiger partial charge in [0.1, 0.15) is 5.82 Å². The minimum atomic E-state index is -1.14. The van der Waals surface area contributed by atoms with E-state index in [1.54, 1.807) is 6.07 Å². The van der Waals surface area contributed by atoms with Gasteiger partial charge in [-0.3, -0.25) is 0 Å². The van der Waals surface area contributed by atoms with Gasteiger partial charge in [0.2, 0.25) is 0 Å². The number of anilines is 1. The minimum Gasteiger partial charge on any atom is -0.476 e. The second-order valence-electron chi connectivity index (χ2n) is 3.67. The van der Waals surface area contributed by atoms with Crippen LogP contribution in [0.1, 0.15) is 16.1 Å². The van der Waals surface area contributed by atoms with Crippen molar-refractivity contribution in [3.05, 3.63) is 58.7 Å². The monoisotopic (exact) mass is 262 g/mol. The number of aromatic nitrogens is 1. The first-order chi connectivity index (χ1) is 8.66. The summed E-state index contributed by atoms with van der Waals surface area (Å²) >= 11 is 5.74. The maximum absolute atomic E-state index is 10.9. The molecule has 0 atom stereocenters. The number of benzene rings is 1. The first-order valence-corrected chi connectivity index (χ1v) is 5.72. The van der Waals surface area contributed by atoms with E-state index < -0.39 is 5.97 Å². The number of pyridine rings is 1. The number of hydrogen-bond acceptors (Lipinski definition) is 3. The zero-order chi connectivity index (χ0) is 13.0. The lowest BCUT2D eigenvalue weighted by Gasteiger charge is -2.07. The maximum atomic E-state index is 10.9. The van der Waals surface area contributed by atoms with Crippen molar-refractivity contribution in [2.24, 2.45) is 0 Å². The Morgan fingerprint density at radius 3 is 2.61 bits per heavy atom. The number of aromatic carboxylic acids is 1. The van der Waals surface area contributed by atoms with Gasteiger partial charge < -0.3 is 10.4 Å². The molecule has 0 spiro atoms. The zero-order valence-electron chi connectivity index (χ0n) is 9.43. The van der Waals surface area contributed by atoms with Crippen molar-refractivity contribution < 1.29 is 9.90 Å². The first kappa shape index (κ1) is 12.4. The molecule has 0 amide bonds. The third kappa shape index (κ3) is 2.99.